The Balaban J connectivity index is 1.43. The van der Waals surface area contributed by atoms with Gasteiger partial charge in [-0.2, -0.15) is 11.8 Å². The molecule has 0 saturated heterocycles. The molecule has 0 saturated carbocycles. The third-order valence-corrected chi connectivity index (χ3v) is 6.90. The van der Waals surface area contributed by atoms with Crippen LogP contribution >= 0.6 is 11.8 Å². The van der Waals surface area contributed by atoms with Gasteiger partial charge in [-0.15, -0.1) is 0 Å². The molecule has 0 aliphatic rings. The number of thioether (sulfide) groups is 1. The van der Waals surface area contributed by atoms with E-state index in [0.717, 1.165) is 16.0 Å². The Morgan fingerprint density at radius 2 is 1.59 bits per heavy atom. The molecule has 1 aromatic heterocycles. The number of aromatic nitrogens is 1. The maximum absolute atomic E-state index is 13.0. The number of rotatable bonds is 11. The summed E-state index contributed by atoms with van der Waals surface area (Å²) in [4.78, 5) is 30.0. The average molecular weight is 520 g/mol. The third kappa shape index (κ3) is 7.34. The fourth-order valence-corrected chi connectivity index (χ4v) is 4.79. The molecule has 0 spiro atoms. The highest BCUT2D eigenvalue weighted by Gasteiger charge is 2.30. The molecular weight excluding hydrogens is 490 g/mol. The van der Waals surface area contributed by atoms with Gasteiger partial charge in [0.2, 0.25) is 5.89 Å². The number of carbonyl (C=O) groups excluding carboxylic acids is 1. The Morgan fingerprint density at radius 3 is 2.27 bits per heavy atom. The summed E-state index contributed by atoms with van der Waals surface area (Å²) in [6, 6.07) is 25.0. The number of para-hydroxylation sites is 2. The Hall–Kier alpha value is -3.82. The molecule has 0 bridgehead atoms. The minimum atomic E-state index is -1.35. The number of carboxylic acid groups (broad SMARTS) is 1. The number of fused-ring (bicyclic) bond motifs is 1. The number of aliphatic hydroxyl groups is 1. The van der Waals surface area contributed by atoms with Crippen LogP contribution in [0.1, 0.15) is 29.5 Å². The van der Waals surface area contributed by atoms with Crippen LogP contribution in [0.2, 0.25) is 0 Å². The van der Waals surface area contributed by atoms with Gasteiger partial charge < -0.3 is 19.9 Å². The zero-order chi connectivity index (χ0) is 26.0. The van der Waals surface area contributed by atoms with E-state index in [1.54, 1.807) is 30.0 Å². The second-order valence-corrected chi connectivity index (χ2v) is 9.62. The van der Waals surface area contributed by atoms with Crippen LogP contribution in [0.25, 0.3) is 11.1 Å². The van der Waals surface area contributed by atoms with Crippen molar-refractivity contribution in [3.05, 3.63) is 102 Å². The number of hydrogen-bond acceptors (Lipinski definition) is 6. The van der Waals surface area contributed by atoms with E-state index in [4.69, 9.17) is 4.42 Å². The molecule has 0 fully saturated rings. The van der Waals surface area contributed by atoms with E-state index < -0.39 is 24.3 Å². The quantitative estimate of drug-likeness (QED) is 0.225. The number of urea groups is 1. The van der Waals surface area contributed by atoms with Crippen LogP contribution in [0, 0.1) is 0 Å². The molecule has 0 radical (unpaired) electrons. The monoisotopic (exact) mass is 519 g/mol. The number of nitrogens with zero attached hydrogens (tertiary/aromatic N) is 2. The Labute approximate surface area is 219 Å². The first-order valence-corrected chi connectivity index (χ1v) is 13.2. The van der Waals surface area contributed by atoms with Gasteiger partial charge in [0.1, 0.15) is 5.52 Å². The number of hydrogen-bond donors (Lipinski definition) is 3. The van der Waals surface area contributed by atoms with Crippen LogP contribution in [-0.4, -0.2) is 50.6 Å². The highest BCUT2D eigenvalue weighted by molar-refractivity contribution is 7.98. The van der Waals surface area contributed by atoms with Gasteiger partial charge in [0, 0.05) is 18.1 Å². The van der Waals surface area contributed by atoms with E-state index >= 15 is 0 Å². The number of imide groups is 1. The summed E-state index contributed by atoms with van der Waals surface area (Å²) in [6.45, 7) is 0.0169. The predicted octanol–water partition coefficient (Wildman–Crippen LogP) is 5.49. The van der Waals surface area contributed by atoms with Gasteiger partial charge in [-0.1, -0.05) is 72.8 Å². The van der Waals surface area contributed by atoms with Gasteiger partial charge in [0.15, 0.2) is 11.7 Å². The van der Waals surface area contributed by atoms with Gasteiger partial charge >= 0.3 is 12.1 Å². The van der Waals surface area contributed by atoms with Crippen molar-refractivity contribution in [2.45, 2.75) is 30.7 Å². The normalized spacial score (nSPS) is 12.7. The van der Waals surface area contributed by atoms with Gasteiger partial charge in [-0.3, -0.25) is 0 Å². The molecule has 4 aromatic rings. The molecule has 8 nitrogen and oxygen atoms in total. The van der Waals surface area contributed by atoms with Crippen LogP contribution in [0.5, 0.6) is 0 Å². The van der Waals surface area contributed by atoms with Crippen molar-refractivity contribution < 1.29 is 24.2 Å². The van der Waals surface area contributed by atoms with Crippen molar-refractivity contribution in [1.29, 1.82) is 0 Å². The lowest BCUT2D eigenvalue weighted by Gasteiger charge is -2.25. The molecule has 3 aromatic carbocycles. The summed E-state index contributed by atoms with van der Waals surface area (Å²) >= 11 is 1.54. The topological polar surface area (TPSA) is 116 Å². The predicted molar refractivity (Wildman–Crippen MR) is 143 cm³/mol. The zero-order valence-electron chi connectivity index (χ0n) is 20.2. The molecule has 37 heavy (non-hydrogen) atoms. The van der Waals surface area contributed by atoms with E-state index in [-0.39, 0.29) is 12.4 Å². The molecule has 1 unspecified atom stereocenters. The smallest absolute Gasteiger partial charge is 0.415 e. The van der Waals surface area contributed by atoms with Crippen molar-refractivity contribution in [2.24, 2.45) is 0 Å². The SMILES string of the molecule is O=C(O)N(CCSCc1ccccc1)C(=O)N[C@@H](CCc1ccccc1)C(O)c1nc2ccccc2o1. The number of benzene rings is 3. The van der Waals surface area contributed by atoms with Crippen molar-refractivity contribution in [3.8, 4) is 0 Å². The summed E-state index contributed by atoms with van der Waals surface area (Å²) in [5, 5.41) is 23.5. The second kappa shape index (κ2) is 12.9. The highest BCUT2D eigenvalue weighted by atomic mass is 32.2. The molecule has 1 heterocycles. The van der Waals surface area contributed by atoms with Crippen LogP contribution < -0.4 is 5.32 Å². The standard InChI is InChI=1S/C28H29N3O5S/c32-25(26-29-22-13-7-8-14-24(22)36-26)23(16-15-20-9-3-1-4-10-20)30-27(33)31(28(34)35)17-18-37-19-21-11-5-2-6-12-21/h1-14,23,25,32H,15-19H2,(H,30,33)(H,34,35)/t23-,25?/m0/s1. The van der Waals surface area contributed by atoms with Crippen LogP contribution in [0.3, 0.4) is 0 Å². The Kier molecular flexibility index (Phi) is 9.18. The van der Waals surface area contributed by atoms with Gasteiger partial charge in [0.05, 0.1) is 6.04 Å². The first-order chi connectivity index (χ1) is 18.0. The van der Waals surface area contributed by atoms with Gasteiger partial charge in [-0.05, 0) is 36.1 Å². The molecule has 192 valence electrons. The van der Waals surface area contributed by atoms with Gasteiger partial charge in [-0.25, -0.2) is 19.5 Å². The highest BCUT2D eigenvalue weighted by Crippen LogP contribution is 2.24. The van der Waals surface area contributed by atoms with Crippen LogP contribution in [0.15, 0.2) is 89.3 Å². The maximum atomic E-state index is 13.0. The summed E-state index contributed by atoms with van der Waals surface area (Å²) in [6.07, 6.45) is -1.70. The molecule has 3 N–H and O–H groups in total. The summed E-state index contributed by atoms with van der Waals surface area (Å²) < 4.78 is 5.73. The van der Waals surface area contributed by atoms with Crippen molar-refractivity contribution in [3.63, 3.8) is 0 Å². The van der Waals surface area contributed by atoms with E-state index in [2.05, 4.69) is 10.3 Å². The number of aryl methyl sites for hydroxylation is 1. The summed E-state index contributed by atoms with van der Waals surface area (Å²) in [5.74, 6) is 1.23. The molecule has 2 atom stereocenters. The fraction of sp³-hybridized carbons (Fsp3) is 0.250. The van der Waals surface area contributed by atoms with Crippen molar-refractivity contribution in [2.75, 3.05) is 12.3 Å². The Bertz CT molecular complexity index is 1270. The lowest BCUT2D eigenvalue weighted by Crippen LogP contribution is -2.49. The third-order valence-electron chi connectivity index (χ3n) is 5.89. The van der Waals surface area contributed by atoms with Crippen molar-refractivity contribution in [1.82, 2.24) is 15.2 Å². The molecule has 9 heteroatoms. The zero-order valence-corrected chi connectivity index (χ0v) is 21.0. The lowest BCUT2D eigenvalue weighted by molar-refractivity contribution is 0.0948. The Morgan fingerprint density at radius 1 is 0.946 bits per heavy atom. The maximum Gasteiger partial charge on any atom is 0.415 e. The van der Waals surface area contributed by atoms with Crippen molar-refractivity contribution >= 4 is 35.0 Å². The van der Waals surface area contributed by atoms with Crippen LogP contribution in [0.4, 0.5) is 9.59 Å². The number of aliphatic hydroxyl groups excluding tert-OH is 1. The molecule has 3 amide bonds. The minimum absolute atomic E-state index is 0.0169. The molecular formula is C28H29N3O5S. The fourth-order valence-electron chi connectivity index (χ4n) is 3.91. The first-order valence-electron chi connectivity index (χ1n) is 12.0. The largest absolute Gasteiger partial charge is 0.465 e. The number of nitrogens with one attached hydrogen (secondary N) is 1. The minimum Gasteiger partial charge on any atom is -0.465 e. The van der Waals surface area contributed by atoms with E-state index in [9.17, 15) is 19.8 Å². The average Bonchev–Trinajstić information content (AvgIpc) is 3.36. The van der Waals surface area contributed by atoms with Crippen LogP contribution in [-0.2, 0) is 12.2 Å². The van der Waals surface area contributed by atoms with E-state index in [0.29, 0.717) is 35.4 Å². The lowest BCUT2D eigenvalue weighted by atomic mass is 10.0. The van der Waals surface area contributed by atoms with Gasteiger partial charge in [0.25, 0.3) is 0 Å². The summed E-state index contributed by atoms with van der Waals surface area (Å²) in [5.41, 5.74) is 3.26. The molecule has 0 aliphatic heterocycles. The second-order valence-electron chi connectivity index (χ2n) is 8.52. The summed E-state index contributed by atoms with van der Waals surface area (Å²) in [7, 11) is 0. The first kappa shape index (κ1) is 26.2. The number of carbonyl (C=O) groups is 2. The number of amides is 3. The van der Waals surface area contributed by atoms with E-state index in [1.165, 1.54) is 0 Å². The number of oxazole rings is 1. The molecule has 0 aliphatic carbocycles. The van der Waals surface area contributed by atoms with E-state index in [1.807, 2.05) is 66.7 Å². The molecule has 4 rings (SSSR count).